The number of hydrogen-bond donors (Lipinski definition) is 0. The molecule has 0 bridgehead atoms. The Hall–Kier alpha value is 0.360. The first-order valence-electron chi connectivity index (χ1n) is 17.7. The van der Waals surface area contributed by atoms with E-state index in [0.29, 0.717) is 0 Å². The first-order chi connectivity index (χ1) is 18.4. The van der Waals surface area contributed by atoms with Crippen LogP contribution in [-0.2, 0) is 0 Å². The molecule has 4 atom stereocenters. The molecule has 4 heteroatoms. The summed E-state index contributed by atoms with van der Waals surface area (Å²) >= 11 is 0. The van der Waals surface area contributed by atoms with E-state index in [1.807, 2.05) is 0 Å². The Morgan fingerprint density at radius 2 is 0.744 bits per heavy atom. The minimum absolute atomic E-state index is 0. The van der Waals surface area contributed by atoms with Crippen molar-refractivity contribution in [2.24, 2.45) is 0 Å². The molecule has 2 aliphatic heterocycles. The lowest BCUT2D eigenvalue weighted by Crippen LogP contribution is -3.00. The summed E-state index contributed by atoms with van der Waals surface area (Å²) in [4.78, 5) is 5.59. The van der Waals surface area contributed by atoms with Gasteiger partial charge in [0.2, 0.25) is 0 Å². The van der Waals surface area contributed by atoms with Gasteiger partial charge in [0.25, 0.3) is 0 Å². The molecule has 2 aliphatic rings. The summed E-state index contributed by atoms with van der Waals surface area (Å²) in [6.45, 7) is 18.9. The van der Waals surface area contributed by atoms with Crippen LogP contribution in [0.5, 0.6) is 0 Å². The standard InChI is InChI=1S/C35H72N3.BrH/c1-7-8-9-10-11-12-13-14-15-16-17-18-19-20-29-38(6,30-21-27-36-32(2)23-24-33(36)3)31-22-28-37-34(4)25-26-35(37)5;/h32-35H,7-31H2,1-6H3;1H/q+1;/p-1. The number of hydrogen-bond acceptors (Lipinski definition) is 2. The lowest BCUT2D eigenvalue weighted by molar-refractivity contribution is -0.910. The van der Waals surface area contributed by atoms with Gasteiger partial charge in [-0.25, -0.2) is 0 Å². The molecule has 0 spiro atoms. The molecule has 0 saturated carbocycles. The van der Waals surface area contributed by atoms with Crippen LogP contribution in [0.15, 0.2) is 0 Å². The molecule has 0 aromatic rings. The Morgan fingerprint density at radius 1 is 0.462 bits per heavy atom. The third-order valence-corrected chi connectivity index (χ3v) is 10.5. The zero-order chi connectivity index (χ0) is 27.6. The van der Waals surface area contributed by atoms with Gasteiger partial charge in [-0.2, -0.15) is 0 Å². The summed E-state index contributed by atoms with van der Waals surface area (Å²) < 4.78 is 1.31. The molecular weight excluding hydrogens is 542 g/mol. The van der Waals surface area contributed by atoms with Gasteiger partial charge in [-0.15, -0.1) is 0 Å². The highest BCUT2D eigenvalue weighted by molar-refractivity contribution is 4.83. The van der Waals surface area contributed by atoms with E-state index in [4.69, 9.17) is 0 Å². The number of quaternary nitrogens is 1. The molecule has 3 nitrogen and oxygen atoms in total. The molecule has 0 aliphatic carbocycles. The molecular formula is C35H72BrN3. The van der Waals surface area contributed by atoms with Crippen molar-refractivity contribution in [3.8, 4) is 0 Å². The second-order valence-corrected chi connectivity index (χ2v) is 14.1. The third kappa shape index (κ3) is 15.4. The Bertz CT molecular complexity index is 520. The van der Waals surface area contributed by atoms with Gasteiger partial charge in [-0.3, -0.25) is 9.80 Å². The van der Waals surface area contributed by atoms with Crippen molar-refractivity contribution in [2.75, 3.05) is 39.8 Å². The van der Waals surface area contributed by atoms with E-state index >= 15 is 0 Å². The Balaban J connectivity index is 0.00000760. The largest absolute Gasteiger partial charge is 1.00 e. The molecule has 39 heavy (non-hydrogen) atoms. The molecule has 0 aromatic heterocycles. The summed E-state index contributed by atoms with van der Waals surface area (Å²) in [5.74, 6) is 0. The van der Waals surface area contributed by atoms with E-state index in [1.165, 1.54) is 166 Å². The summed E-state index contributed by atoms with van der Waals surface area (Å²) in [7, 11) is 2.59. The predicted octanol–water partition coefficient (Wildman–Crippen LogP) is 6.44. The predicted molar refractivity (Wildman–Crippen MR) is 170 cm³/mol. The van der Waals surface area contributed by atoms with E-state index in [9.17, 15) is 0 Å². The smallest absolute Gasteiger partial charge is 0.0796 e. The highest BCUT2D eigenvalue weighted by Crippen LogP contribution is 2.25. The number of rotatable bonds is 23. The van der Waals surface area contributed by atoms with Crippen LogP contribution in [0.1, 0.15) is 163 Å². The first kappa shape index (κ1) is 37.4. The molecule has 2 heterocycles. The van der Waals surface area contributed by atoms with Crippen LogP contribution in [0, 0.1) is 0 Å². The Labute approximate surface area is 257 Å². The molecule has 2 rings (SSSR count). The fourth-order valence-electron chi connectivity index (χ4n) is 7.67. The zero-order valence-electron chi connectivity index (χ0n) is 27.7. The second-order valence-electron chi connectivity index (χ2n) is 14.1. The fraction of sp³-hybridized carbons (Fsp3) is 1.00. The molecule has 0 amide bonds. The molecule has 0 aromatic carbocycles. The quantitative estimate of drug-likeness (QED) is 0.0965. The highest BCUT2D eigenvalue weighted by atomic mass is 79.9. The maximum Gasteiger partial charge on any atom is 0.0796 e. The number of likely N-dealkylation sites (tertiary alicyclic amines) is 2. The number of halogens is 1. The minimum atomic E-state index is 0. The normalized spacial score (nSPS) is 25.7. The molecule has 0 radical (unpaired) electrons. The average Bonchev–Trinajstić information content (AvgIpc) is 3.39. The van der Waals surface area contributed by atoms with Crippen molar-refractivity contribution in [2.45, 2.75) is 187 Å². The van der Waals surface area contributed by atoms with Gasteiger partial charge in [-0.1, -0.05) is 84.0 Å². The van der Waals surface area contributed by atoms with Crippen LogP contribution in [-0.4, -0.2) is 78.2 Å². The van der Waals surface area contributed by atoms with Crippen LogP contribution < -0.4 is 17.0 Å². The summed E-state index contributed by atoms with van der Waals surface area (Å²) in [5.41, 5.74) is 0. The Morgan fingerprint density at radius 3 is 1.08 bits per heavy atom. The van der Waals surface area contributed by atoms with Crippen molar-refractivity contribution in [1.29, 1.82) is 0 Å². The zero-order valence-corrected chi connectivity index (χ0v) is 29.3. The summed E-state index contributed by atoms with van der Waals surface area (Å²) in [5, 5.41) is 0. The first-order valence-corrected chi connectivity index (χ1v) is 17.7. The van der Waals surface area contributed by atoms with Gasteiger partial charge in [0.05, 0.1) is 26.7 Å². The van der Waals surface area contributed by atoms with Crippen molar-refractivity contribution in [1.82, 2.24) is 9.80 Å². The second kappa shape index (κ2) is 22.0. The van der Waals surface area contributed by atoms with Crippen LogP contribution in [0.25, 0.3) is 0 Å². The van der Waals surface area contributed by atoms with Crippen molar-refractivity contribution < 1.29 is 21.5 Å². The van der Waals surface area contributed by atoms with E-state index in [0.717, 1.165) is 24.2 Å². The average molecular weight is 615 g/mol. The van der Waals surface area contributed by atoms with Gasteiger partial charge >= 0.3 is 0 Å². The third-order valence-electron chi connectivity index (χ3n) is 10.5. The van der Waals surface area contributed by atoms with Crippen molar-refractivity contribution >= 4 is 0 Å². The molecule has 0 N–H and O–H groups in total. The number of unbranched alkanes of at least 4 members (excludes halogenated alkanes) is 13. The maximum absolute atomic E-state index is 2.80. The minimum Gasteiger partial charge on any atom is -1.00 e. The van der Waals surface area contributed by atoms with Crippen LogP contribution >= 0.6 is 0 Å². The number of nitrogens with zero attached hydrogens (tertiary/aromatic N) is 3. The van der Waals surface area contributed by atoms with E-state index in [2.05, 4.69) is 51.5 Å². The maximum atomic E-state index is 2.80. The SMILES string of the molecule is CCCCCCCCCCCCCCCC[N+](C)(CCCN1C(C)CCC1C)CCCN1C(C)CCC1C.[Br-]. The monoisotopic (exact) mass is 613 g/mol. The highest BCUT2D eigenvalue weighted by Gasteiger charge is 2.30. The summed E-state index contributed by atoms with van der Waals surface area (Å²) in [6, 6.07) is 3.20. The van der Waals surface area contributed by atoms with Crippen LogP contribution in [0.3, 0.4) is 0 Å². The molecule has 2 fully saturated rings. The lowest BCUT2D eigenvalue weighted by atomic mass is 10.0. The summed E-state index contributed by atoms with van der Waals surface area (Å²) in [6.07, 6.45) is 28.8. The molecule has 4 unspecified atom stereocenters. The van der Waals surface area contributed by atoms with Gasteiger partial charge in [0.1, 0.15) is 0 Å². The fourth-order valence-corrected chi connectivity index (χ4v) is 7.67. The van der Waals surface area contributed by atoms with Crippen molar-refractivity contribution in [3.05, 3.63) is 0 Å². The topological polar surface area (TPSA) is 6.48 Å². The van der Waals surface area contributed by atoms with Crippen LogP contribution in [0.2, 0.25) is 0 Å². The molecule has 234 valence electrons. The lowest BCUT2D eigenvalue weighted by Gasteiger charge is -2.37. The van der Waals surface area contributed by atoms with Gasteiger partial charge < -0.3 is 21.5 Å². The van der Waals surface area contributed by atoms with Crippen LogP contribution in [0.4, 0.5) is 0 Å². The van der Waals surface area contributed by atoms with Crippen molar-refractivity contribution in [3.63, 3.8) is 0 Å². The molecule has 2 saturated heterocycles. The van der Waals surface area contributed by atoms with Gasteiger partial charge in [0.15, 0.2) is 0 Å². The van der Waals surface area contributed by atoms with E-state index < -0.39 is 0 Å². The van der Waals surface area contributed by atoms with Gasteiger partial charge in [0, 0.05) is 50.1 Å². The van der Waals surface area contributed by atoms with E-state index in [-0.39, 0.29) is 17.0 Å². The van der Waals surface area contributed by atoms with E-state index in [1.54, 1.807) is 0 Å². The Kier molecular flexibility index (Phi) is 21.1. The van der Waals surface area contributed by atoms with Gasteiger partial charge in [-0.05, 0) is 66.2 Å².